The van der Waals surface area contributed by atoms with E-state index in [9.17, 15) is 14.4 Å². The van der Waals surface area contributed by atoms with Gasteiger partial charge in [0.25, 0.3) is 5.91 Å². The van der Waals surface area contributed by atoms with E-state index in [0.717, 1.165) is 23.5 Å². The highest BCUT2D eigenvalue weighted by atomic mass is 16.5. The summed E-state index contributed by atoms with van der Waals surface area (Å²) in [7, 11) is 1.28. The molecule has 38 heavy (non-hydrogen) atoms. The zero-order valence-corrected chi connectivity index (χ0v) is 22.7. The molecule has 0 aromatic heterocycles. The minimum absolute atomic E-state index is 0.000715. The van der Waals surface area contributed by atoms with Crippen molar-refractivity contribution in [3.8, 4) is 5.75 Å². The molecule has 1 fully saturated rings. The van der Waals surface area contributed by atoms with E-state index in [2.05, 4.69) is 47.7 Å². The Morgan fingerprint density at radius 1 is 1.05 bits per heavy atom. The fourth-order valence-corrected chi connectivity index (χ4v) is 5.46. The zero-order valence-electron chi connectivity index (χ0n) is 22.7. The second-order valence-electron chi connectivity index (χ2n) is 10.6. The van der Waals surface area contributed by atoms with Gasteiger partial charge in [-0.3, -0.25) is 14.4 Å². The van der Waals surface area contributed by atoms with Gasteiger partial charge in [0.1, 0.15) is 18.4 Å². The largest absolute Gasteiger partial charge is 0.489 e. The summed E-state index contributed by atoms with van der Waals surface area (Å²) in [6, 6.07) is 13.6. The number of nitrogens with two attached hydrogens (primary N) is 1. The first-order chi connectivity index (χ1) is 18.3. The quantitative estimate of drug-likeness (QED) is 0.453. The topological polar surface area (TPSA) is 102 Å². The average molecular weight is 522 g/mol. The lowest BCUT2D eigenvalue weighted by Crippen LogP contribution is -2.45. The van der Waals surface area contributed by atoms with E-state index in [1.165, 1.54) is 43.5 Å². The summed E-state index contributed by atoms with van der Waals surface area (Å²) in [6.45, 7) is 7.48. The van der Waals surface area contributed by atoms with Crippen LogP contribution in [-0.4, -0.2) is 59.9 Å². The average Bonchev–Trinajstić information content (AvgIpc) is 3.25. The van der Waals surface area contributed by atoms with Crippen LogP contribution in [0.1, 0.15) is 66.6 Å². The molecule has 4 rings (SSSR count). The maximum Gasteiger partial charge on any atom is 0.305 e. The molecule has 2 aliphatic rings. The van der Waals surface area contributed by atoms with Crippen LogP contribution in [0.15, 0.2) is 42.5 Å². The normalized spacial score (nSPS) is 16.9. The number of carbonyl (C=O) groups is 3. The molecule has 0 spiro atoms. The van der Waals surface area contributed by atoms with E-state index in [4.69, 9.17) is 10.5 Å². The molecule has 1 atom stereocenters. The van der Waals surface area contributed by atoms with E-state index in [1.54, 1.807) is 12.1 Å². The lowest BCUT2D eigenvalue weighted by molar-refractivity contribution is -0.141. The molecular weight excluding hydrogens is 482 g/mol. The van der Waals surface area contributed by atoms with Crippen molar-refractivity contribution < 1.29 is 23.9 Å². The third-order valence-electron chi connectivity index (χ3n) is 7.83. The van der Waals surface area contributed by atoms with Crippen LogP contribution < -0.4 is 10.5 Å². The summed E-state index contributed by atoms with van der Waals surface area (Å²) in [5.41, 5.74) is 9.21. The van der Waals surface area contributed by atoms with E-state index < -0.39 is 17.9 Å². The molecule has 2 aromatic rings. The number of ether oxygens (including phenoxy) is 2. The fraction of sp³-hybridized carbons (Fsp3) is 0.500. The first-order valence-corrected chi connectivity index (χ1v) is 13.5. The van der Waals surface area contributed by atoms with Crippen molar-refractivity contribution in [2.45, 2.75) is 71.2 Å². The molecule has 0 saturated carbocycles. The number of likely N-dealkylation sites (tertiary alicyclic amines) is 1. The SMILES string of the molecule is COC(=O)CCC(C(N)=O)N1Cc2c(OCc3ccc(CC4CCN(C(C)C)CC4)cc3)cccc2C1=O. The second kappa shape index (κ2) is 12.4. The van der Waals surface area contributed by atoms with Crippen LogP contribution in [0.2, 0.25) is 0 Å². The van der Waals surface area contributed by atoms with E-state index in [0.29, 0.717) is 24.0 Å². The number of esters is 1. The number of rotatable bonds is 11. The molecule has 2 heterocycles. The third kappa shape index (κ3) is 6.54. The molecule has 2 N–H and O–H groups in total. The smallest absolute Gasteiger partial charge is 0.305 e. The van der Waals surface area contributed by atoms with Crippen LogP contribution in [-0.2, 0) is 33.9 Å². The number of hydrogen-bond donors (Lipinski definition) is 1. The molecule has 0 radical (unpaired) electrons. The third-order valence-corrected chi connectivity index (χ3v) is 7.83. The standard InChI is InChI=1S/C30H39N3O5/c1-20(2)32-15-13-22(14-16-32)17-21-7-9-23(10-8-21)19-38-27-6-4-5-24-25(27)18-33(30(24)36)26(29(31)35)11-12-28(34)37-3/h4-10,20,22,26H,11-19H2,1-3H3,(H2,31,35). The lowest BCUT2D eigenvalue weighted by Gasteiger charge is -2.34. The molecule has 8 nitrogen and oxygen atoms in total. The summed E-state index contributed by atoms with van der Waals surface area (Å²) in [5.74, 6) is -0.0513. The molecule has 8 heteroatoms. The fourth-order valence-electron chi connectivity index (χ4n) is 5.46. The van der Waals surface area contributed by atoms with Crippen LogP contribution >= 0.6 is 0 Å². The highest BCUT2D eigenvalue weighted by Crippen LogP contribution is 2.33. The van der Waals surface area contributed by atoms with Crippen molar-refractivity contribution >= 4 is 17.8 Å². The molecule has 2 amide bonds. The molecule has 204 valence electrons. The predicted molar refractivity (Wildman–Crippen MR) is 144 cm³/mol. The van der Waals surface area contributed by atoms with Crippen molar-refractivity contribution in [1.29, 1.82) is 0 Å². The van der Waals surface area contributed by atoms with Crippen LogP contribution in [0.25, 0.3) is 0 Å². The van der Waals surface area contributed by atoms with Gasteiger partial charge in [0.2, 0.25) is 5.91 Å². The Kier molecular flexibility index (Phi) is 9.05. The highest BCUT2D eigenvalue weighted by Gasteiger charge is 2.37. The van der Waals surface area contributed by atoms with E-state index >= 15 is 0 Å². The minimum atomic E-state index is -0.896. The van der Waals surface area contributed by atoms with Gasteiger partial charge in [-0.2, -0.15) is 0 Å². The maximum atomic E-state index is 13.1. The van der Waals surface area contributed by atoms with Gasteiger partial charge >= 0.3 is 5.97 Å². The molecule has 1 saturated heterocycles. The summed E-state index contributed by atoms with van der Waals surface area (Å²) in [6.07, 6.45) is 3.71. The van der Waals surface area contributed by atoms with Crippen LogP contribution in [0.3, 0.4) is 0 Å². The number of fused-ring (bicyclic) bond motifs is 1. The summed E-state index contributed by atoms with van der Waals surface area (Å²) >= 11 is 0. The number of hydrogen-bond acceptors (Lipinski definition) is 6. The van der Waals surface area contributed by atoms with Crippen LogP contribution in [0.4, 0.5) is 0 Å². The minimum Gasteiger partial charge on any atom is -0.489 e. The van der Waals surface area contributed by atoms with Crippen LogP contribution in [0.5, 0.6) is 5.75 Å². The Labute approximate surface area is 225 Å². The Morgan fingerprint density at radius 2 is 1.74 bits per heavy atom. The highest BCUT2D eigenvalue weighted by molar-refractivity contribution is 6.01. The molecule has 0 bridgehead atoms. The number of piperidine rings is 1. The van der Waals surface area contributed by atoms with E-state index in [-0.39, 0.29) is 25.3 Å². The first kappa shape index (κ1) is 27.6. The summed E-state index contributed by atoms with van der Waals surface area (Å²) < 4.78 is 10.8. The van der Waals surface area contributed by atoms with Crippen molar-refractivity contribution in [1.82, 2.24) is 9.80 Å². The summed E-state index contributed by atoms with van der Waals surface area (Å²) in [4.78, 5) is 40.8. The Hall–Kier alpha value is -3.39. The van der Waals surface area contributed by atoms with Crippen molar-refractivity contribution in [3.05, 3.63) is 64.7 Å². The number of carbonyl (C=O) groups excluding carboxylic acids is 3. The monoisotopic (exact) mass is 521 g/mol. The van der Waals surface area contributed by atoms with Gasteiger partial charge in [0.05, 0.1) is 13.7 Å². The number of methoxy groups -OCH3 is 1. The lowest BCUT2D eigenvalue weighted by atomic mass is 9.89. The molecule has 2 aliphatic heterocycles. The van der Waals surface area contributed by atoms with Crippen molar-refractivity contribution in [3.63, 3.8) is 0 Å². The van der Waals surface area contributed by atoms with Gasteiger partial charge < -0.3 is 25.0 Å². The van der Waals surface area contributed by atoms with Gasteiger partial charge in [-0.25, -0.2) is 0 Å². The predicted octanol–water partition coefficient (Wildman–Crippen LogP) is 3.69. The van der Waals surface area contributed by atoms with Gasteiger partial charge in [-0.1, -0.05) is 30.3 Å². The number of amides is 2. The molecular formula is C30H39N3O5. The van der Waals surface area contributed by atoms with Crippen LogP contribution in [0, 0.1) is 5.92 Å². The van der Waals surface area contributed by atoms with Crippen molar-refractivity contribution in [2.24, 2.45) is 11.7 Å². The molecule has 1 unspecified atom stereocenters. The first-order valence-electron chi connectivity index (χ1n) is 13.5. The Bertz CT molecular complexity index is 1140. The summed E-state index contributed by atoms with van der Waals surface area (Å²) in [5, 5.41) is 0. The van der Waals surface area contributed by atoms with Crippen molar-refractivity contribution in [2.75, 3.05) is 20.2 Å². The van der Waals surface area contributed by atoms with Gasteiger partial charge in [-0.05, 0) is 81.8 Å². The van der Waals surface area contributed by atoms with Gasteiger partial charge in [0.15, 0.2) is 0 Å². The maximum absolute atomic E-state index is 13.1. The Balaban J connectivity index is 1.35. The van der Waals surface area contributed by atoms with E-state index in [1.807, 2.05) is 6.07 Å². The number of nitrogens with zero attached hydrogens (tertiary/aromatic N) is 2. The van der Waals surface area contributed by atoms with Gasteiger partial charge in [0, 0.05) is 23.6 Å². The Morgan fingerprint density at radius 3 is 2.37 bits per heavy atom. The zero-order chi connectivity index (χ0) is 27.2. The second-order valence-corrected chi connectivity index (χ2v) is 10.6. The van der Waals surface area contributed by atoms with Gasteiger partial charge in [-0.15, -0.1) is 0 Å². The molecule has 0 aliphatic carbocycles. The number of benzene rings is 2. The molecule has 2 aromatic carbocycles. The number of primary amides is 1.